The Bertz CT molecular complexity index is 607. The van der Waals surface area contributed by atoms with Gasteiger partial charge >= 0.3 is 0 Å². The highest BCUT2D eigenvalue weighted by Crippen LogP contribution is 2.20. The molecule has 2 aromatic rings. The number of ether oxygens (including phenoxy) is 1. The Labute approximate surface area is 138 Å². The van der Waals surface area contributed by atoms with E-state index < -0.39 is 0 Å². The second kappa shape index (κ2) is 8.37. The molecule has 1 amide bonds. The zero-order chi connectivity index (χ0) is 16.7. The summed E-state index contributed by atoms with van der Waals surface area (Å²) in [6.07, 6.45) is 1.76. The molecule has 3 nitrogen and oxygen atoms in total. The fourth-order valence-electron chi connectivity index (χ4n) is 2.67. The monoisotopic (exact) mass is 311 g/mol. The van der Waals surface area contributed by atoms with Gasteiger partial charge in [0.15, 0.2) is 0 Å². The van der Waals surface area contributed by atoms with E-state index in [2.05, 4.69) is 31.2 Å². The highest BCUT2D eigenvalue weighted by molar-refractivity contribution is 5.76. The molecule has 0 spiro atoms. The van der Waals surface area contributed by atoms with E-state index in [4.69, 9.17) is 10.5 Å². The summed E-state index contributed by atoms with van der Waals surface area (Å²) in [5.41, 5.74) is 7.73. The van der Waals surface area contributed by atoms with Crippen LogP contribution in [0.2, 0.25) is 0 Å². The molecule has 0 aromatic heterocycles. The number of amides is 1. The molecule has 23 heavy (non-hydrogen) atoms. The molecule has 2 N–H and O–H groups in total. The van der Waals surface area contributed by atoms with Crippen LogP contribution in [0.25, 0.3) is 0 Å². The van der Waals surface area contributed by atoms with Crippen molar-refractivity contribution in [3.8, 4) is 5.75 Å². The standard InChI is InChI=1S/C20H25NO2/c1-15(12-16(2)20(21)22)13-17-8-10-19(11-9-17)23-14-18-6-4-3-5-7-18/h3-11,15-16H,12-14H2,1-2H3,(H2,21,22)/t15?,16-/m1/s1. The van der Waals surface area contributed by atoms with Gasteiger partial charge in [-0.25, -0.2) is 0 Å². The van der Waals surface area contributed by atoms with Crippen molar-refractivity contribution >= 4 is 5.91 Å². The molecule has 0 heterocycles. The molecule has 0 bridgehead atoms. The van der Waals surface area contributed by atoms with Crippen LogP contribution in [0.4, 0.5) is 0 Å². The van der Waals surface area contributed by atoms with Gasteiger partial charge in [0.25, 0.3) is 0 Å². The first-order valence-electron chi connectivity index (χ1n) is 8.09. The summed E-state index contributed by atoms with van der Waals surface area (Å²) in [4.78, 5) is 11.1. The van der Waals surface area contributed by atoms with Crippen LogP contribution < -0.4 is 10.5 Å². The molecule has 3 heteroatoms. The molecule has 0 fully saturated rings. The Morgan fingerprint density at radius 1 is 1.00 bits per heavy atom. The van der Waals surface area contributed by atoms with Crippen LogP contribution in [0.1, 0.15) is 31.4 Å². The van der Waals surface area contributed by atoms with E-state index in [0.29, 0.717) is 12.5 Å². The summed E-state index contributed by atoms with van der Waals surface area (Å²) in [5.74, 6) is 1.00. The molecule has 2 atom stereocenters. The minimum absolute atomic E-state index is 0.0709. The van der Waals surface area contributed by atoms with Crippen molar-refractivity contribution in [1.29, 1.82) is 0 Å². The molecule has 0 radical (unpaired) electrons. The van der Waals surface area contributed by atoms with E-state index in [1.807, 2.05) is 37.3 Å². The lowest BCUT2D eigenvalue weighted by Gasteiger charge is -2.15. The average Bonchev–Trinajstić information content (AvgIpc) is 2.55. The number of carbonyl (C=O) groups excluding carboxylic acids is 1. The third-order valence-corrected chi connectivity index (χ3v) is 4.00. The van der Waals surface area contributed by atoms with Crippen LogP contribution in [0, 0.1) is 11.8 Å². The van der Waals surface area contributed by atoms with Crippen LogP contribution in [-0.4, -0.2) is 5.91 Å². The summed E-state index contributed by atoms with van der Waals surface area (Å²) in [7, 11) is 0. The van der Waals surface area contributed by atoms with Gasteiger partial charge in [-0.05, 0) is 42.0 Å². The lowest BCUT2D eigenvalue weighted by atomic mass is 9.91. The number of hydrogen-bond acceptors (Lipinski definition) is 2. The fourth-order valence-corrected chi connectivity index (χ4v) is 2.67. The number of carbonyl (C=O) groups is 1. The van der Waals surface area contributed by atoms with E-state index in [9.17, 15) is 4.79 Å². The van der Waals surface area contributed by atoms with Gasteiger partial charge in [0.2, 0.25) is 5.91 Å². The van der Waals surface area contributed by atoms with E-state index in [-0.39, 0.29) is 11.8 Å². The molecule has 0 saturated heterocycles. The lowest BCUT2D eigenvalue weighted by Crippen LogP contribution is -2.22. The number of hydrogen-bond donors (Lipinski definition) is 1. The predicted molar refractivity (Wildman–Crippen MR) is 93.1 cm³/mol. The Kier molecular flexibility index (Phi) is 6.21. The van der Waals surface area contributed by atoms with E-state index in [0.717, 1.165) is 24.2 Å². The molecular formula is C20H25NO2. The molecule has 0 aliphatic heterocycles. The topological polar surface area (TPSA) is 52.3 Å². The van der Waals surface area contributed by atoms with Crippen LogP contribution >= 0.6 is 0 Å². The second-order valence-electron chi connectivity index (χ2n) is 6.27. The summed E-state index contributed by atoms with van der Waals surface area (Å²) in [6.45, 7) is 4.62. The van der Waals surface area contributed by atoms with Crippen molar-refractivity contribution in [2.24, 2.45) is 17.6 Å². The van der Waals surface area contributed by atoms with Gasteiger partial charge in [0.1, 0.15) is 12.4 Å². The average molecular weight is 311 g/mol. The maximum absolute atomic E-state index is 11.1. The molecule has 2 rings (SSSR count). The lowest BCUT2D eigenvalue weighted by molar-refractivity contribution is -0.121. The van der Waals surface area contributed by atoms with Crippen LogP contribution in [0.5, 0.6) is 5.75 Å². The van der Waals surface area contributed by atoms with Crippen LogP contribution in [-0.2, 0) is 17.8 Å². The van der Waals surface area contributed by atoms with Crippen molar-refractivity contribution in [2.75, 3.05) is 0 Å². The van der Waals surface area contributed by atoms with Gasteiger partial charge in [-0.1, -0.05) is 56.3 Å². The highest BCUT2D eigenvalue weighted by atomic mass is 16.5. The highest BCUT2D eigenvalue weighted by Gasteiger charge is 2.13. The van der Waals surface area contributed by atoms with Crippen molar-refractivity contribution in [3.05, 3.63) is 65.7 Å². The first-order valence-corrected chi connectivity index (χ1v) is 8.09. The first kappa shape index (κ1) is 17.1. The van der Waals surface area contributed by atoms with E-state index in [1.165, 1.54) is 5.56 Å². The predicted octanol–water partition coefficient (Wildman–Crippen LogP) is 3.96. The summed E-state index contributed by atoms with van der Waals surface area (Å²) in [6, 6.07) is 18.3. The van der Waals surface area contributed by atoms with Gasteiger partial charge in [0, 0.05) is 5.92 Å². The normalized spacial score (nSPS) is 13.3. The van der Waals surface area contributed by atoms with Crippen LogP contribution in [0.15, 0.2) is 54.6 Å². The Hall–Kier alpha value is -2.29. The maximum Gasteiger partial charge on any atom is 0.220 e. The number of benzene rings is 2. The second-order valence-corrected chi connectivity index (χ2v) is 6.27. The third-order valence-electron chi connectivity index (χ3n) is 4.00. The Morgan fingerprint density at radius 2 is 1.65 bits per heavy atom. The summed E-state index contributed by atoms with van der Waals surface area (Å²) in [5, 5.41) is 0. The molecule has 2 aromatic carbocycles. The first-order chi connectivity index (χ1) is 11.0. The van der Waals surface area contributed by atoms with Crippen molar-refractivity contribution in [3.63, 3.8) is 0 Å². The molecule has 0 aliphatic rings. The Morgan fingerprint density at radius 3 is 2.26 bits per heavy atom. The maximum atomic E-state index is 11.1. The quantitative estimate of drug-likeness (QED) is 0.802. The summed E-state index contributed by atoms with van der Waals surface area (Å²) < 4.78 is 5.79. The number of primary amides is 1. The third kappa shape index (κ3) is 5.78. The minimum Gasteiger partial charge on any atom is -0.489 e. The largest absolute Gasteiger partial charge is 0.489 e. The van der Waals surface area contributed by atoms with E-state index >= 15 is 0 Å². The van der Waals surface area contributed by atoms with Crippen molar-refractivity contribution < 1.29 is 9.53 Å². The number of rotatable bonds is 8. The smallest absolute Gasteiger partial charge is 0.220 e. The van der Waals surface area contributed by atoms with Gasteiger partial charge in [-0.3, -0.25) is 4.79 Å². The molecule has 1 unspecified atom stereocenters. The SMILES string of the molecule is CC(Cc1ccc(OCc2ccccc2)cc1)C[C@@H](C)C(N)=O. The zero-order valence-corrected chi connectivity index (χ0v) is 13.9. The van der Waals surface area contributed by atoms with Crippen LogP contribution in [0.3, 0.4) is 0 Å². The van der Waals surface area contributed by atoms with Crippen molar-refractivity contribution in [2.45, 2.75) is 33.3 Å². The molecule has 122 valence electrons. The van der Waals surface area contributed by atoms with Gasteiger partial charge in [0.05, 0.1) is 0 Å². The molecular weight excluding hydrogens is 286 g/mol. The fraction of sp³-hybridized carbons (Fsp3) is 0.350. The minimum atomic E-state index is -0.221. The van der Waals surface area contributed by atoms with Gasteiger partial charge in [-0.2, -0.15) is 0 Å². The zero-order valence-electron chi connectivity index (χ0n) is 13.9. The van der Waals surface area contributed by atoms with Gasteiger partial charge < -0.3 is 10.5 Å². The van der Waals surface area contributed by atoms with Crippen molar-refractivity contribution in [1.82, 2.24) is 0 Å². The molecule has 0 saturated carbocycles. The van der Waals surface area contributed by atoms with E-state index in [1.54, 1.807) is 0 Å². The summed E-state index contributed by atoms with van der Waals surface area (Å²) >= 11 is 0. The van der Waals surface area contributed by atoms with Gasteiger partial charge in [-0.15, -0.1) is 0 Å². The Balaban J connectivity index is 1.83. The molecule has 0 aliphatic carbocycles. The number of nitrogens with two attached hydrogens (primary N) is 1.